The van der Waals surface area contributed by atoms with E-state index in [0.29, 0.717) is 21.4 Å². The van der Waals surface area contributed by atoms with Gasteiger partial charge in [-0.25, -0.2) is 10.4 Å². The van der Waals surface area contributed by atoms with Crippen molar-refractivity contribution in [1.82, 2.24) is 15.4 Å². The number of hydrazone groups is 1. The zero-order chi connectivity index (χ0) is 19.5. The molecule has 7 heteroatoms. The Bertz CT molecular complexity index is 1170. The van der Waals surface area contributed by atoms with Gasteiger partial charge in [-0.3, -0.25) is 4.79 Å². The predicted octanol–water partition coefficient (Wildman–Crippen LogP) is 5.30. The van der Waals surface area contributed by atoms with Crippen LogP contribution in [0.5, 0.6) is 0 Å². The standard InChI is InChI=1S/C21H14Cl2N4O/c22-16-6-1-13(2-7-16)12-24-27-21(28)15-5-10-18-19(11-15)26-20(25-18)14-3-8-17(23)9-4-14/h1-12H,(H,25,26)(H,27,28)/b24-12-. The molecule has 0 atom stereocenters. The second-order valence-corrected chi connectivity index (χ2v) is 6.95. The minimum absolute atomic E-state index is 0.310. The van der Waals surface area contributed by atoms with Crippen molar-refractivity contribution < 1.29 is 4.79 Å². The zero-order valence-electron chi connectivity index (χ0n) is 14.5. The molecular weight excluding hydrogens is 395 g/mol. The normalized spacial score (nSPS) is 11.2. The Labute approximate surface area is 171 Å². The number of imidazole rings is 1. The lowest BCUT2D eigenvalue weighted by Gasteiger charge is -2.00. The Kier molecular flexibility index (Phi) is 5.10. The van der Waals surface area contributed by atoms with Gasteiger partial charge < -0.3 is 4.98 Å². The number of nitrogens with one attached hydrogen (secondary N) is 2. The molecule has 0 saturated heterocycles. The summed E-state index contributed by atoms with van der Waals surface area (Å²) in [5.41, 5.74) is 6.28. The van der Waals surface area contributed by atoms with E-state index in [1.54, 1.807) is 36.5 Å². The Balaban J connectivity index is 1.51. The minimum atomic E-state index is -0.310. The molecule has 1 heterocycles. The van der Waals surface area contributed by atoms with E-state index >= 15 is 0 Å². The maximum absolute atomic E-state index is 12.4. The number of aromatic amines is 1. The largest absolute Gasteiger partial charge is 0.338 e. The van der Waals surface area contributed by atoms with E-state index in [0.717, 1.165) is 22.2 Å². The zero-order valence-corrected chi connectivity index (χ0v) is 16.0. The molecule has 1 amide bonds. The number of hydrogen-bond donors (Lipinski definition) is 2. The molecule has 0 aliphatic carbocycles. The second kappa shape index (κ2) is 7.84. The molecule has 4 aromatic rings. The highest BCUT2D eigenvalue weighted by Crippen LogP contribution is 2.22. The number of aromatic nitrogens is 2. The van der Waals surface area contributed by atoms with Crippen molar-refractivity contribution in [2.75, 3.05) is 0 Å². The lowest BCUT2D eigenvalue weighted by Crippen LogP contribution is -2.17. The first-order valence-electron chi connectivity index (χ1n) is 8.43. The summed E-state index contributed by atoms with van der Waals surface area (Å²) in [6.45, 7) is 0. The van der Waals surface area contributed by atoms with E-state index in [9.17, 15) is 4.79 Å². The van der Waals surface area contributed by atoms with Crippen LogP contribution in [0.1, 0.15) is 15.9 Å². The van der Waals surface area contributed by atoms with Gasteiger partial charge in [0.25, 0.3) is 5.91 Å². The van der Waals surface area contributed by atoms with Gasteiger partial charge in [0.2, 0.25) is 0 Å². The number of fused-ring (bicyclic) bond motifs is 1. The van der Waals surface area contributed by atoms with E-state index in [1.165, 1.54) is 0 Å². The summed E-state index contributed by atoms with van der Waals surface area (Å²) >= 11 is 11.8. The molecule has 0 aliphatic rings. The Hall–Kier alpha value is -3.15. The summed E-state index contributed by atoms with van der Waals surface area (Å²) in [6, 6.07) is 19.8. The third-order valence-corrected chi connectivity index (χ3v) is 4.62. The van der Waals surface area contributed by atoms with Gasteiger partial charge in [-0.1, -0.05) is 35.3 Å². The number of H-pyrrole nitrogens is 1. The SMILES string of the molecule is O=C(N/N=C\c1ccc(Cl)cc1)c1ccc2nc(-c3ccc(Cl)cc3)[nH]c2c1. The van der Waals surface area contributed by atoms with E-state index in [-0.39, 0.29) is 5.91 Å². The molecule has 0 radical (unpaired) electrons. The van der Waals surface area contributed by atoms with Crippen LogP contribution in [0.25, 0.3) is 22.4 Å². The average molecular weight is 409 g/mol. The van der Waals surface area contributed by atoms with Gasteiger partial charge in [-0.05, 0) is 60.2 Å². The fraction of sp³-hybridized carbons (Fsp3) is 0. The summed E-state index contributed by atoms with van der Waals surface area (Å²) in [5, 5.41) is 5.29. The van der Waals surface area contributed by atoms with Crippen LogP contribution < -0.4 is 5.43 Å². The molecule has 0 bridgehead atoms. The summed E-state index contributed by atoms with van der Waals surface area (Å²) in [4.78, 5) is 20.1. The molecule has 2 N–H and O–H groups in total. The molecule has 138 valence electrons. The number of carbonyl (C=O) groups is 1. The summed E-state index contributed by atoms with van der Waals surface area (Å²) in [7, 11) is 0. The molecule has 0 fully saturated rings. The Morgan fingerprint density at radius 2 is 1.64 bits per heavy atom. The molecule has 0 spiro atoms. The van der Waals surface area contributed by atoms with Crippen LogP contribution in [0.4, 0.5) is 0 Å². The van der Waals surface area contributed by atoms with Crippen molar-refractivity contribution in [2.45, 2.75) is 0 Å². The first kappa shape index (κ1) is 18.2. The highest BCUT2D eigenvalue weighted by atomic mass is 35.5. The van der Waals surface area contributed by atoms with Crippen molar-refractivity contribution in [3.05, 3.63) is 87.9 Å². The number of amides is 1. The smallest absolute Gasteiger partial charge is 0.271 e. The Morgan fingerprint density at radius 3 is 2.36 bits per heavy atom. The van der Waals surface area contributed by atoms with Gasteiger partial charge in [0, 0.05) is 21.2 Å². The molecule has 5 nitrogen and oxygen atoms in total. The molecular formula is C21H14Cl2N4O. The van der Waals surface area contributed by atoms with E-state index < -0.39 is 0 Å². The number of nitrogens with zero attached hydrogens (tertiary/aromatic N) is 2. The third-order valence-electron chi connectivity index (χ3n) is 4.11. The number of hydrogen-bond acceptors (Lipinski definition) is 3. The predicted molar refractivity (Wildman–Crippen MR) is 113 cm³/mol. The van der Waals surface area contributed by atoms with Crippen molar-refractivity contribution >= 4 is 46.4 Å². The molecule has 0 unspecified atom stereocenters. The highest BCUT2D eigenvalue weighted by molar-refractivity contribution is 6.30. The average Bonchev–Trinajstić information content (AvgIpc) is 3.13. The number of halogens is 2. The van der Waals surface area contributed by atoms with Crippen molar-refractivity contribution in [3.8, 4) is 11.4 Å². The third kappa shape index (κ3) is 4.06. The van der Waals surface area contributed by atoms with Crippen molar-refractivity contribution in [1.29, 1.82) is 0 Å². The van der Waals surface area contributed by atoms with Crippen LogP contribution in [0.3, 0.4) is 0 Å². The van der Waals surface area contributed by atoms with Crippen LogP contribution in [-0.4, -0.2) is 22.1 Å². The van der Waals surface area contributed by atoms with E-state index in [2.05, 4.69) is 20.5 Å². The lowest BCUT2D eigenvalue weighted by atomic mass is 10.2. The first-order valence-corrected chi connectivity index (χ1v) is 9.19. The second-order valence-electron chi connectivity index (χ2n) is 6.07. The lowest BCUT2D eigenvalue weighted by molar-refractivity contribution is 0.0955. The molecule has 0 saturated carbocycles. The van der Waals surface area contributed by atoms with Crippen LogP contribution >= 0.6 is 23.2 Å². The molecule has 1 aromatic heterocycles. The van der Waals surface area contributed by atoms with Crippen LogP contribution in [-0.2, 0) is 0 Å². The maximum Gasteiger partial charge on any atom is 0.271 e. The molecule has 3 aromatic carbocycles. The van der Waals surface area contributed by atoms with Gasteiger partial charge >= 0.3 is 0 Å². The van der Waals surface area contributed by atoms with Crippen LogP contribution in [0.15, 0.2) is 71.8 Å². The molecule has 28 heavy (non-hydrogen) atoms. The van der Waals surface area contributed by atoms with Crippen LogP contribution in [0, 0.1) is 0 Å². The quantitative estimate of drug-likeness (QED) is 0.355. The monoisotopic (exact) mass is 408 g/mol. The van der Waals surface area contributed by atoms with Crippen LogP contribution in [0.2, 0.25) is 10.0 Å². The number of benzene rings is 3. The van der Waals surface area contributed by atoms with Gasteiger partial charge in [-0.15, -0.1) is 0 Å². The minimum Gasteiger partial charge on any atom is -0.338 e. The van der Waals surface area contributed by atoms with E-state index in [1.807, 2.05) is 36.4 Å². The Morgan fingerprint density at radius 1 is 0.964 bits per heavy atom. The van der Waals surface area contributed by atoms with Crippen molar-refractivity contribution in [2.24, 2.45) is 5.10 Å². The van der Waals surface area contributed by atoms with Crippen molar-refractivity contribution in [3.63, 3.8) is 0 Å². The summed E-state index contributed by atoms with van der Waals surface area (Å²) in [5.74, 6) is 0.403. The van der Waals surface area contributed by atoms with Gasteiger partial charge in [-0.2, -0.15) is 5.10 Å². The summed E-state index contributed by atoms with van der Waals surface area (Å²) in [6.07, 6.45) is 1.56. The fourth-order valence-corrected chi connectivity index (χ4v) is 2.93. The van der Waals surface area contributed by atoms with Gasteiger partial charge in [0.05, 0.1) is 17.2 Å². The van der Waals surface area contributed by atoms with Gasteiger partial charge in [0.15, 0.2) is 0 Å². The van der Waals surface area contributed by atoms with E-state index in [4.69, 9.17) is 23.2 Å². The molecule has 4 rings (SSSR count). The summed E-state index contributed by atoms with van der Waals surface area (Å²) < 4.78 is 0. The highest BCUT2D eigenvalue weighted by Gasteiger charge is 2.09. The topological polar surface area (TPSA) is 70.1 Å². The fourth-order valence-electron chi connectivity index (χ4n) is 2.67. The maximum atomic E-state index is 12.4. The first-order chi connectivity index (χ1) is 13.6. The number of carbonyl (C=O) groups excluding carboxylic acids is 1. The van der Waals surface area contributed by atoms with Gasteiger partial charge in [0.1, 0.15) is 5.82 Å². The molecule has 0 aliphatic heterocycles. The number of rotatable bonds is 4.